The van der Waals surface area contributed by atoms with Crippen LogP contribution in [0, 0.1) is 6.92 Å². The van der Waals surface area contributed by atoms with E-state index in [1.807, 2.05) is 16.8 Å². The molecule has 1 aromatic carbocycles. The monoisotopic (exact) mass is 346 g/mol. The van der Waals surface area contributed by atoms with Gasteiger partial charge >= 0.3 is 0 Å². The van der Waals surface area contributed by atoms with Crippen molar-refractivity contribution in [3.63, 3.8) is 0 Å². The van der Waals surface area contributed by atoms with E-state index in [0.29, 0.717) is 5.69 Å². The molecule has 1 aromatic heterocycles. The first-order chi connectivity index (χ1) is 11.2. The summed E-state index contributed by atoms with van der Waals surface area (Å²) in [7, 11) is 0. The van der Waals surface area contributed by atoms with E-state index in [9.17, 15) is 4.79 Å². The van der Waals surface area contributed by atoms with Crippen molar-refractivity contribution in [2.75, 3.05) is 13.1 Å². The average Bonchev–Trinajstić information content (AvgIpc) is 3.24. The van der Waals surface area contributed by atoms with Gasteiger partial charge in [-0.2, -0.15) is 5.10 Å². The number of benzene rings is 1. The molecule has 2 heterocycles. The summed E-state index contributed by atoms with van der Waals surface area (Å²) < 4.78 is 1.99. The van der Waals surface area contributed by atoms with E-state index in [1.165, 1.54) is 11.3 Å². The molecule has 5 nitrogen and oxygen atoms in total. The molecule has 1 amide bonds. The Balaban J connectivity index is 0.00000169. The number of hydrogen-bond donors (Lipinski definition) is 2. The Hall–Kier alpha value is -1.85. The van der Waals surface area contributed by atoms with Gasteiger partial charge in [0.1, 0.15) is 0 Å². The molecule has 24 heavy (non-hydrogen) atoms. The number of carbonyl (C=O) groups is 1. The molecule has 1 fully saturated rings. The SMILES string of the molecule is Cc1ccccc1-n1nc(C(=O)NC2CCNC2)c2c1CCC2.Cl. The molecule has 1 aliphatic carbocycles. The maximum Gasteiger partial charge on any atom is 0.272 e. The molecule has 2 aliphatic rings. The molecule has 0 spiro atoms. The van der Waals surface area contributed by atoms with Crippen molar-refractivity contribution in [2.45, 2.75) is 38.6 Å². The van der Waals surface area contributed by atoms with Crippen LogP contribution in [-0.4, -0.2) is 34.8 Å². The smallest absolute Gasteiger partial charge is 0.272 e. The normalized spacial score (nSPS) is 19.0. The number of nitrogens with zero attached hydrogens (tertiary/aromatic N) is 2. The third-order valence-electron chi connectivity index (χ3n) is 4.88. The Kier molecular flexibility index (Phi) is 4.92. The van der Waals surface area contributed by atoms with Gasteiger partial charge in [-0.1, -0.05) is 18.2 Å². The summed E-state index contributed by atoms with van der Waals surface area (Å²) in [6, 6.07) is 8.44. The molecule has 0 bridgehead atoms. The number of rotatable bonds is 3. The van der Waals surface area contributed by atoms with Crippen LogP contribution in [0.3, 0.4) is 0 Å². The van der Waals surface area contributed by atoms with Crippen LogP contribution in [0.1, 0.15) is 40.2 Å². The molecular weight excluding hydrogens is 324 g/mol. The number of aromatic nitrogens is 2. The summed E-state index contributed by atoms with van der Waals surface area (Å²) in [5, 5.41) is 11.1. The highest BCUT2D eigenvalue weighted by molar-refractivity contribution is 5.94. The minimum absolute atomic E-state index is 0. The Morgan fingerprint density at radius 1 is 1.33 bits per heavy atom. The van der Waals surface area contributed by atoms with Crippen LogP contribution in [0.25, 0.3) is 5.69 Å². The van der Waals surface area contributed by atoms with Crippen molar-refractivity contribution in [2.24, 2.45) is 0 Å². The zero-order chi connectivity index (χ0) is 15.8. The minimum Gasteiger partial charge on any atom is -0.347 e. The second-order valence-electron chi connectivity index (χ2n) is 6.49. The second-order valence-corrected chi connectivity index (χ2v) is 6.49. The van der Waals surface area contributed by atoms with E-state index >= 15 is 0 Å². The maximum absolute atomic E-state index is 12.7. The van der Waals surface area contributed by atoms with Crippen LogP contribution in [0.5, 0.6) is 0 Å². The number of para-hydroxylation sites is 1. The van der Waals surface area contributed by atoms with Crippen molar-refractivity contribution < 1.29 is 4.79 Å². The van der Waals surface area contributed by atoms with Gasteiger partial charge in [0.2, 0.25) is 0 Å². The van der Waals surface area contributed by atoms with Gasteiger partial charge in [-0.05, 0) is 50.8 Å². The molecule has 2 N–H and O–H groups in total. The lowest BCUT2D eigenvalue weighted by Crippen LogP contribution is -2.36. The van der Waals surface area contributed by atoms with Gasteiger partial charge in [0, 0.05) is 23.8 Å². The van der Waals surface area contributed by atoms with Crippen LogP contribution in [0.15, 0.2) is 24.3 Å². The van der Waals surface area contributed by atoms with Gasteiger partial charge in [0.05, 0.1) is 5.69 Å². The van der Waals surface area contributed by atoms with Gasteiger partial charge < -0.3 is 10.6 Å². The van der Waals surface area contributed by atoms with Crippen LogP contribution < -0.4 is 10.6 Å². The van der Waals surface area contributed by atoms with Gasteiger partial charge in [0.15, 0.2) is 5.69 Å². The Morgan fingerprint density at radius 3 is 2.92 bits per heavy atom. The van der Waals surface area contributed by atoms with Crippen LogP contribution in [0.4, 0.5) is 0 Å². The molecule has 4 rings (SSSR count). The van der Waals surface area contributed by atoms with Crippen LogP contribution >= 0.6 is 12.4 Å². The van der Waals surface area contributed by atoms with Gasteiger partial charge in [-0.15, -0.1) is 12.4 Å². The van der Waals surface area contributed by atoms with Gasteiger partial charge in [-0.3, -0.25) is 4.79 Å². The number of aryl methyl sites for hydroxylation is 1. The van der Waals surface area contributed by atoms with E-state index in [0.717, 1.165) is 50.0 Å². The summed E-state index contributed by atoms with van der Waals surface area (Å²) in [5.74, 6) is -0.0239. The van der Waals surface area contributed by atoms with E-state index < -0.39 is 0 Å². The molecular formula is C18H23ClN4O. The van der Waals surface area contributed by atoms with Gasteiger partial charge in [-0.25, -0.2) is 4.68 Å². The van der Waals surface area contributed by atoms with E-state index in [1.54, 1.807) is 0 Å². The second kappa shape index (κ2) is 6.95. The predicted molar refractivity (Wildman–Crippen MR) is 96.3 cm³/mol. The maximum atomic E-state index is 12.7. The zero-order valence-electron chi connectivity index (χ0n) is 13.8. The Morgan fingerprint density at radius 2 is 2.17 bits per heavy atom. The van der Waals surface area contributed by atoms with E-state index in [4.69, 9.17) is 0 Å². The van der Waals surface area contributed by atoms with Crippen LogP contribution in [0.2, 0.25) is 0 Å². The first-order valence-corrected chi connectivity index (χ1v) is 8.42. The van der Waals surface area contributed by atoms with Crippen molar-refractivity contribution >= 4 is 18.3 Å². The number of hydrogen-bond acceptors (Lipinski definition) is 3. The highest BCUT2D eigenvalue weighted by Crippen LogP contribution is 2.28. The quantitative estimate of drug-likeness (QED) is 0.895. The number of fused-ring (bicyclic) bond motifs is 1. The van der Waals surface area contributed by atoms with E-state index in [2.05, 4.69) is 34.8 Å². The summed E-state index contributed by atoms with van der Waals surface area (Å²) in [4.78, 5) is 12.7. The average molecular weight is 347 g/mol. The largest absolute Gasteiger partial charge is 0.347 e. The van der Waals surface area contributed by atoms with Crippen molar-refractivity contribution in [3.8, 4) is 5.69 Å². The number of carbonyl (C=O) groups excluding carboxylic acids is 1. The first-order valence-electron chi connectivity index (χ1n) is 8.42. The number of halogens is 1. The molecule has 0 radical (unpaired) electrons. The highest BCUT2D eigenvalue weighted by atomic mass is 35.5. The lowest BCUT2D eigenvalue weighted by atomic mass is 10.1. The minimum atomic E-state index is -0.0239. The van der Waals surface area contributed by atoms with Gasteiger partial charge in [0.25, 0.3) is 5.91 Å². The predicted octanol–water partition coefficient (Wildman–Crippen LogP) is 2.18. The fourth-order valence-electron chi connectivity index (χ4n) is 3.65. The zero-order valence-corrected chi connectivity index (χ0v) is 14.7. The molecule has 1 saturated heterocycles. The summed E-state index contributed by atoms with van der Waals surface area (Å²) in [6.45, 7) is 3.91. The third-order valence-corrected chi connectivity index (χ3v) is 4.88. The Labute approximate surface area is 148 Å². The highest BCUT2D eigenvalue weighted by Gasteiger charge is 2.28. The first kappa shape index (κ1) is 17.0. The molecule has 2 aromatic rings. The van der Waals surface area contributed by atoms with E-state index in [-0.39, 0.29) is 24.4 Å². The molecule has 128 valence electrons. The molecule has 1 atom stereocenters. The molecule has 1 aliphatic heterocycles. The third kappa shape index (κ3) is 2.94. The van der Waals surface area contributed by atoms with Crippen molar-refractivity contribution in [1.29, 1.82) is 0 Å². The fraction of sp³-hybridized carbons (Fsp3) is 0.444. The van der Waals surface area contributed by atoms with Crippen molar-refractivity contribution in [3.05, 3.63) is 46.8 Å². The summed E-state index contributed by atoms with van der Waals surface area (Å²) in [6.07, 6.45) is 4.04. The van der Waals surface area contributed by atoms with Crippen LogP contribution in [-0.2, 0) is 12.8 Å². The Bertz CT molecular complexity index is 749. The molecule has 0 saturated carbocycles. The molecule has 6 heteroatoms. The fourth-order valence-corrected chi connectivity index (χ4v) is 3.65. The topological polar surface area (TPSA) is 59.0 Å². The lowest BCUT2D eigenvalue weighted by molar-refractivity contribution is 0.0933. The van der Waals surface area contributed by atoms with Crippen molar-refractivity contribution in [1.82, 2.24) is 20.4 Å². The number of amides is 1. The standard InChI is InChI=1S/C18H22N4O.ClH/c1-12-5-2-3-7-15(12)22-16-8-4-6-14(16)17(21-22)18(23)20-13-9-10-19-11-13;/h2-3,5,7,13,19H,4,6,8-11H2,1H3,(H,20,23);1H. The molecule has 1 unspecified atom stereocenters. The lowest BCUT2D eigenvalue weighted by Gasteiger charge is -2.10. The summed E-state index contributed by atoms with van der Waals surface area (Å²) >= 11 is 0. The summed E-state index contributed by atoms with van der Waals surface area (Å²) in [5.41, 5.74) is 5.21. The number of nitrogens with one attached hydrogen (secondary N) is 2.